The smallest absolute Gasteiger partial charge is 0.241 e. The van der Waals surface area contributed by atoms with Gasteiger partial charge in [-0.15, -0.1) is 10.2 Å². The Labute approximate surface area is 264 Å². The molecule has 0 saturated carbocycles. The van der Waals surface area contributed by atoms with Crippen LogP contribution >= 0.6 is 23.2 Å². The van der Waals surface area contributed by atoms with Gasteiger partial charge in [0.05, 0.1) is 28.3 Å². The Bertz CT molecular complexity index is 2000. The summed E-state index contributed by atoms with van der Waals surface area (Å²) in [6.07, 6.45) is 9.15. The van der Waals surface area contributed by atoms with Gasteiger partial charge in [-0.25, -0.2) is 0 Å². The van der Waals surface area contributed by atoms with E-state index >= 15 is 0 Å². The Hall–Kier alpha value is -4.37. The maximum absolute atomic E-state index is 13.5. The highest BCUT2D eigenvalue weighted by Crippen LogP contribution is 2.27. The van der Waals surface area contributed by atoms with Crippen LogP contribution in [0, 0.1) is 0 Å². The topological polar surface area (TPSA) is 103 Å². The Morgan fingerprint density at radius 3 is 2.50 bits per heavy atom. The number of fused-ring (bicyclic) bond motifs is 2. The van der Waals surface area contributed by atoms with Crippen molar-refractivity contribution < 1.29 is 4.79 Å². The van der Waals surface area contributed by atoms with Gasteiger partial charge in [-0.3, -0.25) is 4.79 Å². The number of benzene rings is 3. The van der Waals surface area contributed by atoms with Gasteiger partial charge in [-0.05, 0) is 67.3 Å². The van der Waals surface area contributed by atoms with Gasteiger partial charge in [-0.1, -0.05) is 65.7 Å². The number of H-pyrrole nitrogens is 2. The van der Waals surface area contributed by atoms with E-state index in [1.807, 2.05) is 54.7 Å². The van der Waals surface area contributed by atoms with Crippen molar-refractivity contribution in [3.63, 3.8) is 0 Å². The molecule has 1 saturated heterocycles. The second-order valence-corrected chi connectivity index (χ2v) is 11.9. The van der Waals surface area contributed by atoms with Crippen molar-refractivity contribution in [2.45, 2.75) is 38.3 Å². The number of amides is 1. The van der Waals surface area contributed by atoms with E-state index in [2.05, 4.69) is 59.8 Å². The molecule has 0 bridgehead atoms. The number of halogens is 2. The first-order chi connectivity index (χ1) is 21.5. The number of rotatable bonds is 9. The summed E-state index contributed by atoms with van der Waals surface area (Å²) in [5.74, 6) is 1.29. The van der Waals surface area contributed by atoms with Crippen LogP contribution < -0.4 is 10.6 Å². The van der Waals surface area contributed by atoms with Gasteiger partial charge in [0.25, 0.3) is 0 Å². The van der Waals surface area contributed by atoms with Gasteiger partial charge in [-0.2, -0.15) is 0 Å². The van der Waals surface area contributed by atoms with E-state index in [-0.39, 0.29) is 11.9 Å². The minimum Gasteiger partial charge on any atom is -0.361 e. The third-order valence-electron chi connectivity index (χ3n) is 8.24. The molecule has 1 amide bonds. The monoisotopic (exact) mass is 623 g/mol. The molecule has 222 valence electrons. The number of aromatic amines is 2. The van der Waals surface area contributed by atoms with E-state index in [1.54, 1.807) is 6.07 Å². The van der Waals surface area contributed by atoms with Crippen LogP contribution in [0.3, 0.4) is 0 Å². The highest BCUT2D eigenvalue weighted by atomic mass is 35.5. The average molecular weight is 625 g/mol. The SMILES string of the molecule is O=C(N/C(=C\c1c[nH]c2ccccc12)c1nnc(CCc2c[nH]c3ccccc23)n1Cc1ccc(Cl)c(Cl)c1)C1CCCN1. The summed E-state index contributed by atoms with van der Waals surface area (Å²) in [4.78, 5) is 20.2. The molecular formula is C34H31Cl2N7O. The van der Waals surface area contributed by atoms with Crippen molar-refractivity contribution in [1.29, 1.82) is 0 Å². The molecule has 4 N–H and O–H groups in total. The maximum Gasteiger partial charge on any atom is 0.241 e. The molecule has 6 aromatic rings. The van der Waals surface area contributed by atoms with Crippen LogP contribution in [0.2, 0.25) is 10.0 Å². The first-order valence-corrected chi connectivity index (χ1v) is 15.5. The van der Waals surface area contributed by atoms with Crippen LogP contribution in [0.4, 0.5) is 0 Å². The summed E-state index contributed by atoms with van der Waals surface area (Å²) in [5, 5.41) is 19.1. The van der Waals surface area contributed by atoms with E-state index in [1.165, 1.54) is 10.9 Å². The number of carbonyl (C=O) groups is 1. The van der Waals surface area contributed by atoms with Crippen molar-refractivity contribution in [3.05, 3.63) is 118 Å². The molecule has 3 aromatic heterocycles. The average Bonchev–Trinajstić information content (AvgIpc) is 3.85. The number of hydrogen-bond acceptors (Lipinski definition) is 4. The molecule has 8 nitrogen and oxygen atoms in total. The summed E-state index contributed by atoms with van der Waals surface area (Å²) in [6, 6.07) is 21.7. The van der Waals surface area contributed by atoms with Gasteiger partial charge in [0.1, 0.15) is 5.82 Å². The third-order valence-corrected chi connectivity index (χ3v) is 8.98. The minimum absolute atomic E-state index is 0.0852. The molecule has 44 heavy (non-hydrogen) atoms. The summed E-state index contributed by atoms with van der Waals surface area (Å²) in [6.45, 7) is 1.27. The number of para-hydroxylation sites is 2. The molecule has 4 heterocycles. The summed E-state index contributed by atoms with van der Waals surface area (Å²) < 4.78 is 2.07. The zero-order valence-corrected chi connectivity index (χ0v) is 25.4. The Balaban J connectivity index is 1.30. The first kappa shape index (κ1) is 28.4. The highest BCUT2D eigenvalue weighted by molar-refractivity contribution is 6.42. The maximum atomic E-state index is 13.5. The van der Waals surface area contributed by atoms with Gasteiger partial charge in [0.2, 0.25) is 5.91 Å². The lowest BCUT2D eigenvalue weighted by Gasteiger charge is -2.16. The fourth-order valence-electron chi connectivity index (χ4n) is 5.94. The van der Waals surface area contributed by atoms with Crippen LogP contribution in [0.5, 0.6) is 0 Å². The molecule has 1 atom stereocenters. The summed E-state index contributed by atoms with van der Waals surface area (Å²) in [5.41, 5.74) is 5.80. The standard InChI is InChI=1S/C34H31Cl2N7O/c35-26-13-11-21(16-27(26)36)20-43-32(14-12-22-18-38-28-8-3-1-6-24(22)28)41-42-33(43)31(40-34(44)30-10-5-15-37-30)17-23-19-39-29-9-4-2-7-25(23)29/h1-4,6-9,11,13,16-19,30,37-39H,5,10,12,14-15,20H2,(H,40,44)/b31-17-. The van der Waals surface area contributed by atoms with E-state index in [0.29, 0.717) is 34.5 Å². The molecule has 1 aliphatic rings. The van der Waals surface area contributed by atoms with Crippen LogP contribution in [0.15, 0.2) is 79.1 Å². The normalized spacial score (nSPS) is 15.4. The lowest BCUT2D eigenvalue weighted by Crippen LogP contribution is -2.40. The van der Waals surface area contributed by atoms with Crippen LogP contribution in [0.1, 0.15) is 41.2 Å². The number of hydrogen-bond donors (Lipinski definition) is 4. The predicted octanol–water partition coefficient (Wildman–Crippen LogP) is 6.75. The quantitative estimate of drug-likeness (QED) is 0.143. The Kier molecular flexibility index (Phi) is 7.95. The van der Waals surface area contributed by atoms with Crippen molar-refractivity contribution in [2.75, 3.05) is 6.54 Å². The van der Waals surface area contributed by atoms with Crippen molar-refractivity contribution in [1.82, 2.24) is 35.4 Å². The van der Waals surface area contributed by atoms with Gasteiger partial charge in [0.15, 0.2) is 5.82 Å². The second kappa shape index (κ2) is 12.3. The third kappa shape index (κ3) is 5.76. The lowest BCUT2D eigenvalue weighted by atomic mass is 10.1. The van der Waals surface area contributed by atoms with E-state index in [4.69, 9.17) is 23.2 Å². The zero-order chi connectivity index (χ0) is 30.0. The molecule has 1 unspecified atom stereocenters. The summed E-state index contributed by atoms with van der Waals surface area (Å²) in [7, 11) is 0. The number of nitrogens with zero attached hydrogens (tertiary/aromatic N) is 3. The summed E-state index contributed by atoms with van der Waals surface area (Å²) >= 11 is 12.7. The van der Waals surface area contributed by atoms with E-state index in [9.17, 15) is 4.79 Å². The number of aryl methyl sites for hydroxylation is 2. The van der Waals surface area contributed by atoms with E-state index < -0.39 is 0 Å². The zero-order valence-electron chi connectivity index (χ0n) is 23.9. The second-order valence-electron chi connectivity index (χ2n) is 11.1. The Morgan fingerprint density at radius 2 is 1.70 bits per heavy atom. The molecule has 1 fully saturated rings. The van der Waals surface area contributed by atoms with Crippen LogP contribution in [0.25, 0.3) is 33.6 Å². The first-order valence-electron chi connectivity index (χ1n) is 14.8. The lowest BCUT2D eigenvalue weighted by molar-refractivity contribution is -0.121. The van der Waals surface area contributed by atoms with Crippen molar-refractivity contribution in [3.8, 4) is 0 Å². The molecule has 10 heteroatoms. The van der Waals surface area contributed by atoms with Gasteiger partial charge in [0, 0.05) is 46.2 Å². The Morgan fingerprint density at radius 1 is 0.932 bits per heavy atom. The van der Waals surface area contributed by atoms with Gasteiger partial charge < -0.3 is 25.2 Å². The molecular weight excluding hydrogens is 593 g/mol. The van der Waals surface area contributed by atoms with Crippen LogP contribution in [-0.2, 0) is 24.2 Å². The van der Waals surface area contributed by atoms with Crippen LogP contribution in [-0.4, -0.2) is 43.2 Å². The predicted molar refractivity (Wildman–Crippen MR) is 177 cm³/mol. The minimum atomic E-state index is -0.255. The van der Waals surface area contributed by atoms with E-state index in [0.717, 1.165) is 59.2 Å². The highest BCUT2D eigenvalue weighted by Gasteiger charge is 2.25. The number of nitrogens with one attached hydrogen (secondary N) is 4. The molecule has 1 aliphatic heterocycles. The molecule has 0 radical (unpaired) electrons. The van der Waals surface area contributed by atoms with Crippen molar-refractivity contribution >= 4 is 62.7 Å². The van der Waals surface area contributed by atoms with Crippen molar-refractivity contribution in [2.24, 2.45) is 0 Å². The number of carbonyl (C=O) groups excluding carboxylic acids is 1. The van der Waals surface area contributed by atoms with Gasteiger partial charge >= 0.3 is 0 Å². The molecule has 0 aliphatic carbocycles. The molecule has 3 aromatic carbocycles. The number of aromatic nitrogens is 5. The fraction of sp³-hybridized carbons (Fsp3) is 0.206. The fourth-order valence-corrected chi connectivity index (χ4v) is 6.27. The molecule has 7 rings (SSSR count). The molecule has 0 spiro atoms. The largest absolute Gasteiger partial charge is 0.361 e.